The number of ether oxygens (including phenoxy) is 1. The molecular formula is C53H63FN10O5Si. The second kappa shape index (κ2) is 18.0. The van der Waals surface area contributed by atoms with Crippen molar-refractivity contribution in [2.24, 2.45) is 5.92 Å². The van der Waals surface area contributed by atoms with E-state index in [1.54, 1.807) is 28.9 Å². The molecule has 17 heteroatoms. The number of hydrogen-bond acceptors (Lipinski definition) is 11. The number of hydrogen-bond donors (Lipinski definition) is 3. The Balaban J connectivity index is 0.968. The Morgan fingerprint density at radius 2 is 1.31 bits per heavy atom. The van der Waals surface area contributed by atoms with Crippen molar-refractivity contribution in [1.29, 1.82) is 0 Å². The first-order chi connectivity index (χ1) is 33.9. The normalized spacial score (nSPS) is 25.1. The van der Waals surface area contributed by atoms with E-state index in [2.05, 4.69) is 55.0 Å². The lowest BCUT2D eigenvalue weighted by molar-refractivity contribution is -0.146. The lowest BCUT2D eigenvalue weighted by Crippen LogP contribution is -2.55. The number of halogens is 1. The highest BCUT2D eigenvalue weighted by Gasteiger charge is 2.67. The summed E-state index contributed by atoms with van der Waals surface area (Å²) in [5.74, 6) is -0.762. The molecule has 3 amide bonds. The number of aromatic nitrogens is 3. The predicted octanol–water partition coefficient (Wildman–Crippen LogP) is 6.09. The third-order valence-electron chi connectivity index (χ3n) is 16.3. The highest BCUT2D eigenvalue weighted by molar-refractivity contribution is 6.72. The van der Waals surface area contributed by atoms with Crippen molar-refractivity contribution in [1.82, 2.24) is 25.6 Å². The van der Waals surface area contributed by atoms with E-state index < -0.39 is 42.6 Å². The van der Waals surface area contributed by atoms with Crippen LogP contribution in [0.2, 0.25) is 18.6 Å². The third kappa shape index (κ3) is 7.54. The first-order valence-corrected chi connectivity index (χ1v) is 28.0. The summed E-state index contributed by atoms with van der Waals surface area (Å²) in [6, 6.07) is 34.0. The molecule has 4 aromatic carbocycles. The van der Waals surface area contributed by atoms with Gasteiger partial charge in [-0.25, -0.2) is 0 Å². The van der Waals surface area contributed by atoms with Crippen LogP contribution in [-0.4, -0.2) is 110 Å². The van der Waals surface area contributed by atoms with Crippen LogP contribution in [0.1, 0.15) is 55.8 Å². The molecule has 70 heavy (non-hydrogen) atoms. The minimum absolute atomic E-state index is 0.0141. The topological polar surface area (TPSA) is 152 Å². The molecule has 1 aromatic heterocycles. The first-order valence-electron chi connectivity index (χ1n) is 25.0. The van der Waals surface area contributed by atoms with Crippen LogP contribution in [0, 0.1) is 5.92 Å². The lowest BCUT2D eigenvalue weighted by atomic mass is 9.82. The SMILES string of the molecule is C[C@H]1[C@H]([Si](C)(C)F)[C@@H](CCn2cc(CCO)nn2)O[C@]12C(=O)N(Cc1cccc(N3CN(c4ccccc4)C4(CCNCC4)C3=O)c1)c1ccc(N3CN(c4ccccc4)C4(CCNCC4)C3=O)cc12. The number of aryl methyl sites for hydroxylation is 1. The van der Waals surface area contributed by atoms with Gasteiger partial charge in [0.15, 0.2) is 5.60 Å². The summed E-state index contributed by atoms with van der Waals surface area (Å²) >= 11 is 0. The molecule has 3 spiro atoms. The Kier molecular flexibility index (Phi) is 11.9. The highest BCUT2D eigenvalue weighted by atomic mass is 28.4. The van der Waals surface area contributed by atoms with E-state index >= 15 is 13.7 Å². The lowest BCUT2D eigenvalue weighted by Gasteiger charge is -2.39. The molecule has 15 nitrogen and oxygen atoms in total. The fraction of sp³-hybridized carbons (Fsp3) is 0.453. The van der Waals surface area contributed by atoms with E-state index in [4.69, 9.17) is 4.74 Å². The summed E-state index contributed by atoms with van der Waals surface area (Å²) in [6.45, 7) is 9.51. The number of benzene rings is 4. The number of para-hydroxylation sites is 2. The Morgan fingerprint density at radius 1 is 0.743 bits per heavy atom. The largest absolute Gasteiger partial charge is 0.396 e. The Labute approximate surface area is 409 Å². The van der Waals surface area contributed by atoms with Crippen LogP contribution >= 0.6 is 0 Å². The number of fused-ring (bicyclic) bond motifs is 2. The number of nitrogens with one attached hydrogen (secondary N) is 2. The van der Waals surface area contributed by atoms with Crippen molar-refractivity contribution in [3.63, 3.8) is 0 Å². The Hall–Kier alpha value is -5.98. The summed E-state index contributed by atoms with van der Waals surface area (Å²) in [7, 11) is -3.53. The average Bonchev–Trinajstić information content (AvgIpc) is 4.15. The monoisotopic (exact) mass is 966 g/mol. The summed E-state index contributed by atoms with van der Waals surface area (Å²) in [4.78, 5) is 55.5. The van der Waals surface area contributed by atoms with Gasteiger partial charge >= 0.3 is 0 Å². The number of aliphatic hydroxyl groups is 1. The zero-order chi connectivity index (χ0) is 48.4. The number of aliphatic hydroxyl groups excluding tert-OH is 1. The summed E-state index contributed by atoms with van der Waals surface area (Å²) < 4.78 is 26.0. The average molecular weight is 967 g/mol. The molecule has 0 unspecified atom stereocenters. The molecule has 0 aliphatic carbocycles. The Morgan fingerprint density at radius 3 is 1.89 bits per heavy atom. The van der Waals surface area contributed by atoms with Crippen molar-refractivity contribution in [3.05, 3.63) is 126 Å². The van der Waals surface area contributed by atoms with E-state index in [1.165, 1.54) is 0 Å². The maximum absolute atomic E-state index is 17.1. The number of piperidine rings is 2. The molecule has 0 radical (unpaired) electrons. The third-order valence-corrected chi connectivity index (χ3v) is 18.8. The van der Waals surface area contributed by atoms with Crippen LogP contribution in [0.3, 0.4) is 0 Å². The van der Waals surface area contributed by atoms with Crippen molar-refractivity contribution < 1.29 is 28.3 Å². The molecule has 5 fully saturated rings. The van der Waals surface area contributed by atoms with Crippen LogP contribution < -0.4 is 35.1 Å². The summed E-state index contributed by atoms with van der Waals surface area (Å²) in [5, 5.41) is 24.9. The fourth-order valence-corrected chi connectivity index (χ4v) is 15.4. The molecule has 7 heterocycles. The highest BCUT2D eigenvalue weighted by Crippen LogP contribution is 2.61. The van der Waals surface area contributed by atoms with Crippen molar-refractivity contribution in [3.8, 4) is 0 Å². The van der Waals surface area contributed by atoms with Gasteiger partial charge in [0.05, 0.1) is 37.4 Å². The fourth-order valence-electron chi connectivity index (χ4n) is 12.9. The van der Waals surface area contributed by atoms with Gasteiger partial charge in [0, 0.05) is 65.5 Å². The van der Waals surface area contributed by atoms with Gasteiger partial charge in [-0.2, -0.15) is 0 Å². The van der Waals surface area contributed by atoms with Crippen LogP contribution in [0.25, 0.3) is 0 Å². The van der Waals surface area contributed by atoms with Gasteiger partial charge in [-0.3, -0.25) is 28.9 Å². The number of anilines is 5. The molecule has 6 aliphatic rings. The van der Waals surface area contributed by atoms with Crippen molar-refractivity contribution >= 4 is 54.6 Å². The number of carbonyl (C=O) groups excluding carboxylic acids is 3. The standard InChI is InChI=1S/C53H63FN10O5Si/c1-37-47(70(2,3)54)46(19-29-59-34-39(20-30-65)57-58-59)69-53(37)44-32-43(62-36-64(41-14-8-5-9-15-41)52(49(62)67)23-27-56-28-24-52)17-18-45(44)60(50(53)68)33-38-11-10-16-42(31-38)61-35-63(40-12-6-4-7-13-40)51(48(61)66)21-25-55-26-22-51/h4-18,31-32,34,37,46-47,55-56,65H,19-30,33,35-36H2,1-3H3/t37-,46+,47-,53+/m0/s1. The first kappa shape index (κ1) is 46.4. The number of rotatable bonds is 12. The molecular weight excluding hydrogens is 904 g/mol. The van der Waals surface area contributed by atoms with E-state index in [0.29, 0.717) is 94.1 Å². The van der Waals surface area contributed by atoms with Crippen LogP contribution in [0.5, 0.6) is 0 Å². The molecule has 5 aromatic rings. The zero-order valence-electron chi connectivity index (χ0n) is 40.3. The van der Waals surface area contributed by atoms with Gasteiger partial charge in [-0.1, -0.05) is 60.7 Å². The molecule has 11 rings (SSSR count). The van der Waals surface area contributed by atoms with E-state index in [9.17, 15) is 9.90 Å². The van der Waals surface area contributed by atoms with Crippen LogP contribution in [0.15, 0.2) is 109 Å². The van der Waals surface area contributed by atoms with Crippen molar-refractivity contribution in [2.75, 3.05) is 70.6 Å². The predicted molar refractivity (Wildman–Crippen MR) is 270 cm³/mol. The van der Waals surface area contributed by atoms with Gasteiger partial charge in [-0.15, -0.1) is 5.10 Å². The second-order valence-electron chi connectivity index (χ2n) is 20.6. The minimum atomic E-state index is -3.53. The molecule has 5 saturated heterocycles. The molecule has 3 N–H and O–H groups in total. The quantitative estimate of drug-likeness (QED) is 0.0985. The number of nitrogens with zero attached hydrogens (tertiary/aromatic N) is 8. The second-order valence-corrected chi connectivity index (χ2v) is 24.4. The summed E-state index contributed by atoms with van der Waals surface area (Å²) in [6.07, 6.45) is 4.59. The molecule has 0 saturated carbocycles. The molecule has 0 bridgehead atoms. The van der Waals surface area contributed by atoms with E-state index in [0.717, 1.165) is 35.7 Å². The molecule has 366 valence electrons. The Bertz CT molecular complexity index is 2760. The molecule has 6 aliphatic heterocycles. The summed E-state index contributed by atoms with van der Waals surface area (Å²) in [5.41, 5.74) is 2.61. The number of carbonyl (C=O) groups is 3. The van der Waals surface area contributed by atoms with Crippen molar-refractivity contribution in [2.45, 2.75) is 100.0 Å². The van der Waals surface area contributed by atoms with Crippen LogP contribution in [0.4, 0.5) is 32.5 Å². The zero-order valence-corrected chi connectivity index (χ0v) is 41.3. The van der Waals surface area contributed by atoms with Gasteiger partial charge in [0.1, 0.15) is 11.1 Å². The van der Waals surface area contributed by atoms with Gasteiger partial charge in [-0.05, 0) is 132 Å². The molecule has 4 atom stereocenters. The van der Waals surface area contributed by atoms with E-state index in [1.807, 2.05) is 95.6 Å². The van der Waals surface area contributed by atoms with Crippen LogP contribution in [-0.2, 0) is 44.2 Å². The maximum atomic E-state index is 17.1. The van der Waals surface area contributed by atoms with Gasteiger partial charge in [0.25, 0.3) is 17.7 Å². The van der Waals surface area contributed by atoms with E-state index in [-0.39, 0.29) is 30.9 Å². The number of amides is 3. The maximum Gasteiger partial charge on any atom is 0.264 e. The van der Waals surface area contributed by atoms with Gasteiger partial charge in [0.2, 0.25) is 8.41 Å². The van der Waals surface area contributed by atoms with Gasteiger partial charge < -0.3 is 39.3 Å². The smallest absolute Gasteiger partial charge is 0.264 e. The minimum Gasteiger partial charge on any atom is -0.396 e.